The molecule has 11 nitrogen and oxygen atoms in total. The fourth-order valence-corrected chi connectivity index (χ4v) is 3.14. The van der Waals surface area contributed by atoms with Gasteiger partial charge in [-0.25, -0.2) is 19.3 Å². The Hall–Kier alpha value is -4.04. The topological polar surface area (TPSA) is 139 Å². The van der Waals surface area contributed by atoms with Crippen LogP contribution in [0.25, 0.3) is 11.5 Å². The van der Waals surface area contributed by atoms with Crippen molar-refractivity contribution >= 4 is 34.7 Å². The van der Waals surface area contributed by atoms with Crippen molar-refractivity contribution in [2.45, 2.75) is 19.8 Å². The summed E-state index contributed by atoms with van der Waals surface area (Å²) >= 11 is 5.99. The minimum absolute atomic E-state index is 0.0528. The Balaban J connectivity index is 1.58. The van der Waals surface area contributed by atoms with E-state index in [-0.39, 0.29) is 17.3 Å². The first-order valence-electron chi connectivity index (χ1n) is 8.85. The van der Waals surface area contributed by atoms with Crippen LogP contribution in [0, 0.1) is 11.3 Å². The molecule has 2 N–H and O–H groups in total. The van der Waals surface area contributed by atoms with Gasteiger partial charge in [-0.2, -0.15) is 20.6 Å². The summed E-state index contributed by atoms with van der Waals surface area (Å²) in [5.41, 5.74) is 2.41. The zero-order valence-corrected chi connectivity index (χ0v) is 16.7. The van der Waals surface area contributed by atoms with E-state index < -0.39 is 6.03 Å². The second-order valence-electron chi connectivity index (χ2n) is 6.56. The van der Waals surface area contributed by atoms with Crippen molar-refractivity contribution in [3.8, 4) is 11.9 Å². The van der Waals surface area contributed by atoms with Gasteiger partial charge in [-0.15, -0.1) is 4.80 Å². The molecule has 0 unspecified atom stereocenters. The van der Waals surface area contributed by atoms with Crippen LogP contribution in [0.2, 0.25) is 5.15 Å². The molecular weight excluding hydrogens is 408 g/mol. The standard InChI is InChI=1S/C18H15ClN10O/c1-10(2)15-13(8-24-28-9-14(19)27-17(15)28)26-18(30)25-12-5-11(6-20)16(21-7-12)29-22-3-4-23-29/h3-5,7-10H,1-2H3,(H2,25,26,30). The number of nitriles is 1. The molecule has 4 aromatic rings. The predicted molar refractivity (Wildman–Crippen MR) is 109 cm³/mol. The zero-order valence-electron chi connectivity index (χ0n) is 15.9. The minimum Gasteiger partial charge on any atom is -0.306 e. The smallest absolute Gasteiger partial charge is 0.306 e. The number of nitrogens with one attached hydrogen (secondary N) is 2. The van der Waals surface area contributed by atoms with E-state index in [1.807, 2.05) is 19.9 Å². The Bertz CT molecular complexity index is 1270. The molecular formula is C18H15ClN10O. The van der Waals surface area contributed by atoms with E-state index in [4.69, 9.17) is 11.6 Å². The zero-order chi connectivity index (χ0) is 21.3. The van der Waals surface area contributed by atoms with E-state index in [1.165, 1.54) is 35.7 Å². The highest BCUT2D eigenvalue weighted by atomic mass is 35.5. The molecule has 4 rings (SSSR count). The lowest BCUT2D eigenvalue weighted by Gasteiger charge is -2.15. The molecule has 30 heavy (non-hydrogen) atoms. The largest absolute Gasteiger partial charge is 0.323 e. The van der Waals surface area contributed by atoms with Gasteiger partial charge in [-0.05, 0) is 12.0 Å². The number of aromatic nitrogens is 7. The van der Waals surface area contributed by atoms with Crippen LogP contribution < -0.4 is 10.6 Å². The second kappa shape index (κ2) is 7.76. The van der Waals surface area contributed by atoms with E-state index in [2.05, 4.69) is 35.9 Å². The predicted octanol–water partition coefficient (Wildman–Crippen LogP) is 3.00. The summed E-state index contributed by atoms with van der Waals surface area (Å²) in [6.07, 6.45) is 7.50. The fourth-order valence-electron chi connectivity index (χ4n) is 2.97. The summed E-state index contributed by atoms with van der Waals surface area (Å²) in [5.74, 6) is 0.318. The number of carbonyl (C=O) groups excluding carboxylic acids is 1. The molecule has 2 amide bonds. The highest BCUT2D eigenvalue weighted by molar-refractivity contribution is 6.29. The normalized spacial score (nSPS) is 10.9. The third-order valence-electron chi connectivity index (χ3n) is 4.18. The number of hydrogen-bond acceptors (Lipinski definition) is 7. The van der Waals surface area contributed by atoms with Gasteiger partial charge >= 0.3 is 6.03 Å². The molecule has 0 saturated heterocycles. The molecule has 0 atom stereocenters. The molecule has 0 radical (unpaired) electrons. The van der Waals surface area contributed by atoms with E-state index in [9.17, 15) is 10.1 Å². The van der Waals surface area contributed by atoms with Gasteiger partial charge in [0.1, 0.15) is 16.8 Å². The number of halogens is 1. The molecule has 4 heterocycles. The molecule has 4 aromatic heterocycles. The number of urea groups is 1. The number of hydrogen-bond donors (Lipinski definition) is 2. The van der Waals surface area contributed by atoms with Crippen LogP contribution in [0.5, 0.6) is 0 Å². The van der Waals surface area contributed by atoms with Gasteiger partial charge in [-0.3, -0.25) is 0 Å². The van der Waals surface area contributed by atoms with E-state index in [1.54, 1.807) is 10.7 Å². The summed E-state index contributed by atoms with van der Waals surface area (Å²) in [7, 11) is 0. The summed E-state index contributed by atoms with van der Waals surface area (Å²) < 4.78 is 1.56. The number of imidazole rings is 1. The summed E-state index contributed by atoms with van der Waals surface area (Å²) in [6.45, 7) is 3.96. The molecule has 0 aliphatic heterocycles. The van der Waals surface area contributed by atoms with Gasteiger partial charge < -0.3 is 10.6 Å². The average Bonchev–Trinajstić information content (AvgIpc) is 3.36. The van der Waals surface area contributed by atoms with Crippen LogP contribution >= 0.6 is 11.6 Å². The van der Waals surface area contributed by atoms with Crippen molar-refractivity contribution in [1.82, 2.24) is 34.6 Å². The molecule has 0 aliphatic rings. The maximum atomic E-state index is 12.6. The molecule has 0 aliphatic carbocycles. The van der Waals surface area contributed by atoms with Crippen molar-refractivity contribution < 1.29 is 4.79 Å². The van der Waals surface area contributed by atoms with Gasteiger partial charge in [0.25, 0.3) is 0 Å². The van der Waals surface area contributed by atoms with Gasteiger partial charge in [0, 0.05) is 5.56 Å². The molecule has 0 aromatic carbocycles. The van der Waals surface area contributed by atoms with Crippen LogP contribution in [0.4, 0.5) is 16.2 Å². The van der Waals surface area contributed by atoms with Crippen molar-refractivity contribution in [2.24, 2.45) is 0 Å². The lowest BCUT2D eigenvalue weighted by molar-refractivity contribution is 0.262. The first-order valence-corrected chi connectivity index (χ1v) is 9.22. The van der Waals surface area contributed by atoms with Gasteiger partial charge in [0.2, 0.25) is 0 Å². The Morgan fingerprint density at radius 2 is 1.97 bits per heavy atom. The number of nitrogens with zero attached hydrogens (tertiary/aromatic N) is 8. The van der Waals surface area contributed by atoms with Gasteiger partial charge in [0.05, 0.1) is 42.4 Å². The number of anilines is 2. The summed E-state index contributed by atoms with van der Waals surface area (Å²) in [6, 6.07) is 3.00. The SMILES string of the molecule is CC(C)c1c(NC(=O)Nc2cnc(-n3nccn3)c(C#N)c2)cnn2cc(Cl)nc12. The van der Waals surface area contributed by atoms with E-state index in [0.717, 1.165) is 5.56 Å². The van der Waals surface area contributed by atoms with Crippen LogP contribution in [0.15, 0.2) is 37.1 Å². The Morgan fingerprint density at radius 1 is 1.20 bits per heavy atom. The van der Waals surface area contributed by atoms with E-state index in [0.29, 0.717) is 22.2 Å². The number of fused-ring (bicyclic) bond motifs is 1. The average molecular weight is 423 g/mol. The van der Waals surface area contributed by atoms with Crippen molar-refractivity contribution in [3.63, 3.8) is 0 Å². The third-order valence-corrected chi connectivity index (χ3v) is 4.36. The Labute approximate surface area is 175 Å². The lowest BCUT2D eigenvalue weighted by atomic mass is 10.0. The Kier molecular flexibility index (Phi) is 4.99. The lowest BCUT2D eigenvalue weighted by Crippen LogP contribution is -2.21. The number of rotatable bonds is 4. The maximum Gasteiger partial charge on any atom is 0.323 e. The highest BCUT2D eigenvalue weighted by Crippen LogP contribution is 2.28. The van der Waals surface area contributed by atoms with E-state index >= 15 is 0 Å². The third kappa shape index (κ3) is 3.63. The molecule has 0 spiro atoms. The first kappa shape index (κ1) is 19.3. The Morgan fingerprint density at radius 3 is 2.67 bits per heavy atom. The number of pyridine rings is 1. The maximum absolute atomic E-state index is 12.6. The number of amides is 2. The van der Waals surface area contributed by atoms with Crippen molar-refractivity contribution in [3.05, 3.63) is 53.3 Å². The highest BCUT2D eigenvalue weighted by Gasteiger charge is 2.17. The summed E-state index contributed by atoms with van der Waals surface area (Å²) in [4.78, 5) is 22.2. The quantitative estimate of drug-likeness (QED) is 0.515. The fraction of sp³-hybridized carbons (Fsp3) is 0.167. The van der Waals surface area contributed by atoms with Crippen LogP contribution in [0.3, 0.4) is 0 Å². The van der Waals surface area contributed by atoms with Crippen LogP contribution in [-0.4, -0.2) is 40.6 Å². The molecule has 0 fully saturated rings. The monoisotopic (exact) mass is 422 g/mol. The van der Waals surface area contributed by atoms with Gasteiger partial charge in [0.15, 0.2) is 11.5 Å². The summed E-state index contributed by atoms with van der Waals surface area (Å²) in [5, 5.41) is 27.3. The first-order chi connectivity index (χ1) is 14.5. The number of carbonyl (C=O) groups is 1. The molecule has 0 saturated carbocycles. The molecule has 150 valence electrons. The minimum atomic E-state index is -0.517. The van der Waals surface area contributed by atoms with Gasteiger partial charge in [-0.1, -0.05) is 25.4 Å². The van der Waals surface area contributed by atoms with Crippen LogP contribution in [0.1, 0.15) is 30.9 Å². The second-order valence-corrected chi connectivity index (χ2v) is 6.95. The van der Waals surface area contributed by atoms with Crippen molar-refractivity contribution in [1.29, 1.82) is 5.26 Å². The molecule has 0 bridgehead atoms. The van der Waals surface area contributed by atoms with Crippen molar-refractivity contribution in [2.75, 3.05) is 10.6 Å². The molecule has 12 heteroatoms. The van der Waals surface area contributed by atoms with Crippen LogP contribution in [-0.2, 0) is 0 Å².